The summed E-state index contributed by atoms with van der Waals surface area (Å²) in [6, 6.07) is 4.20. The first-order chi connectivity index (χ1) is 6.70. The molecule has 2 aromatic rings. The van der Waals surface area contributed by atoms with Crippen LogP contribution in [0.15, 0.2) is 18.3 Å². The van der Waals surface area contributed by atoms with Crippen LogP contribution in [-0.4, -0.2) is 21.5 Å². The number of aromatic nitrogens is 2. The monoisotopic (exact) mass is 190 g/mol. The van der Waals surface area contributed by atoms with Gasteiger partial charge in [-0.2, -0.15) is 5.10 Å². The molecular formula is C11H14N2O. The van der Waals surface area contributed by atoms with Gasteiger partial charge in [0, 0.05) is 25.2 Å². The average molecular weight is 190 g/mol. The maximum Gasteiger partial charge on any atom is 0.0956 e. The van der Waals surface area contributed by atoms with Gasteiger partial charge >= 0.3 is 0 Å². The Kier molecular flexibility index (Phi) is 2.25. The Morgan fingerprint density at radius 3 is 2.93 bits per heavy atom. The van der Waals surface area contributed by atoms with E-state index in [1.165, 1.54) is 5.56 Å². The fourth-order valence-electron chi connectivity index (χ4n) is 1.80. The van der Waals surface area contributed by atoms with Crippen molar-refractivity contribution in [3.63, 3.8) is 0 Å². The van der Waals surface area contributed by atoms with Crippen LogP contribution in [0.3, 0.4) is 0 Å². The summed E-state index contributed by atoms with van der Waals surface area (Å²) >= 11 is 0. The quantitative estimate of drug-likeness (QED) is 0.777. The van der Waals surface area contributed by atoms with Gasteiger partial charge in [-0.3, -0.25) is 4.68 Å². The highest BCUT2D eigenvalue weighted by Crippen LogP contribution is 2.19. The van der Waals surface area contributed by atoms with Gasteiger partial charge < -0.3 is 5.11 Å². The molecule has 0 saturated carbocycles. The molecular weight excluding hydrogens is 176 g/mol. The molecule has 0 aliphatic rings. The Morgan fingerprint density at radius 1 is 1.43 bits per heavy atom. The predicted octanol–water partition coefficient (Wildman–Crippen LogP) is 1.42. The van der Waals surface area contributed by atoms with Gasteiger partial charge in [-0.15, -0.1) is 0 Å². The molecule has 3 heteroatoms. The van der Waals surface area contributed by atoms with Crippen LogP contribution in [0.1, 0.15) is 11.1 Å². The molecule has 74 valence electrons. The van der Waals surface area contributed by atoms with E-state index in [-0.39, 0.29) is 6.61 Å². The van der Waals surface area contributed by atoms with E-state index in [0.717, 1.165) is 16.5 Å². The smallest absolute Gasteiger partial charge is 0.0956 e. The maximum absolute atomic E-state index is 8.94. The van der Waals surface area contributed by atoms with E-state index in [4.69, 9.17) is 5.11 Å². The minimum absolute atomic E-state index is 0.176. The largest absolute Gasteiger partial charge is 0.396 e. The molecule has 0 bridgehead atoms. The number of rotatable bonds is 2. The lowest BCUT2D eigenvalue weighted by atomic mass is 10.1. The van der Waals surface area contributed by atoms with Crippen LogP contribution in [0.4, 0.5) is 0 Å². The van der Waals surface area contributed by atoms with Gasteiger partial charge in [0.25, 0.3) is 0 Å². The molecule has 3 nitrogen and oxygen atoms in total. The second-order valence-electron chi connectivity index (χ2n) is 3.64. The highest BCUT2D eigenvalue weighted by atomic mass is 16.2. The number of aliphatic hydroxyl groups is 1. The Morgan fingerprint density at radius 2 is 2.21 bits per heavy atom. The van der Waals surface area contributed by atoms with Crippen LogP contribution >= 0.6 is 0 Å². The molecule has 0 atom stereocenters. The molecule has 0 unspecified atom stereocenters. The van der Waals surface area contributed by atoms with E-state index in [9.17, 15) is 0 Å². The summed E-state index contributed by atoms with van der Waals surface area (Å²) < 4.78 is 1.81. The first-order valence-corrected chi connectivity index (χ1v) is 4.74. The Hall–Kier alpha value is -1.35. The summed E-state index contributed by atoms with van der Waals surface area (Å²) in [5.74, 6) is 0. The van der Waals surface area contributed by atoms with Gasteiger partial charge in [0.2, 0.25) is 0 Å². The highest BCUT2D eigenvalue weighted by Gasteiger charge is 2.05. The topological polar surface area (TPSA) is 38.1 Å². The molecule has 1 aromatic heterocycles. The normalized spacial score (nSPS) is 11.1. The van der Waals surface area contributed by atoms with Gasteiger partial charge in [0.1, 0.15) is 0 Å². The molecule has 0 aliphatic carbocycles. The van der Waals surface area contributed by atoms with E-state index >= 15 is 0 Å². The summed E-state index contributed by atoms with van der Waals surface area (Å²) in [5, 5.41) is 14.5. The molecule has 1 N–H and O–H groups in total. The fraction of sp³-hybridized carbons (Fsp3) is 0.364. The molecule has 0 fully saturated rings. The van der Waals surface area contributed by atoms with E-state index in [1.54, 1.807) is 0 Å². The summed E-state index contributed by atoms with van der Waals surface area (Å²) in [7, 11) is 1.91. The molecule has 1 aromatic carbocycles. The molecule has 0 saturated heterocycles. The van der Waals surface area contributed by atoms with Crippen LogP contribution in [0.2, 0.25) is 0 Å². The number of benzene rings is 1. The standard InChI is InChI=1S/C11H14N2O/c1-8-5-9(3-4-14)11-10(6-8)7-13(2)12-11/h5-7,14H,3-4H2,1-2H3. The molecule has 0 amide bonds. The zero-order chi connectivity index (χ0) is 10.1. The van der Waals surface area contributed by atoms with Crippen molar-refractivity contribution >= 4 is 10.9 Å². The third-order valence-electron chi connectivity index (χ3n) is 2.33. The third-order valence-corrected chi connectivity index (χ3v) is 2.33. The lowest BCUT2D eigenvalue weighted by Gasteiger charge is -2.01. The molecule has 0 spiro atoms. The van der Waals surface area contributed by atoms with E-state index in [2.05, 4.69) is 24.2 Å². The van der Waals surface area contributed by atoms with Crippen LogP contribution in [-0.2, 0) is 13.5 Å². The number of fused-ring (bicyclic) bond motifs is 1. The molecule has 1 heterocycles. The first-order valence-electron chi connectivity index (χ1n) is 4.74. The van der Waals surface area contributed by atoms with Crippen molar-refractivity contribution in [3.8, 4) is 0 Å². The van der Waals surface area contributed by atoms with Gasteiger partial charge in [0.05, 0.1) is 5.52 Å². The zero-order valence-corrected chi connectivity index (χ0v) is 8.49. The lowest BCUT2D eigenvalue weighted by Crippen LogP contribution is -1.94. The van der Waals surface area contributed by atoms with Gasteiger partial charge in [0.15, 0.2) is 0 Å². The molecule has 0 radical (unpaired) electrons. The van der Waals surface area contributed by atoms with Crippen molar-refractivity contribution in [1.29, 1.82) is 0 Å². The number of nitrogens with zero attached hydrogens (tertiary/aromatic N) is 2. The minimum Gasteiger partial charge on any atom is -0.396 e. The van der Waals surface area contributed by atoms with Gasteiger partial charge in [-0.1, -0.05) is 11.6 Å². The van der Waals surface area contributed by atoms with Crippen molar-refractivity contribution < 1.29 is 5.11 Å². The van der Waals surface area contributed by atoms with E-state index in [1.807, 2.05) is 17.9 Å². The highest BCUT2D eigenvalue weighted by molar-refractivity contribution is 5.82. The number of aryl methyl sites for hydroxylation is 2. The first kappa shape index (κ1) is 9.21. The minimum atomic E-state index is 0.176. The fourth-order valence-corrected chi connectivity index (χ4v) is 1.80. The van der Waals surface area contributed by atoms with Crippen LogP contribution in [0, 0.1) is 6.92 Å². The molecule has 0 aliphatic heterocycles. The van der Waals surface area contributed by atoms with Crippen LogP contribution in [0.25, 0.3) is 10.9 Å². The van der Waals surface area contributed by atoms with Crippen molar-refractivity contribution in [2.24, 2.45) is 7.05 Å². The second kappa shape index (κ2) is 3.42. The van der Waals surface area contributed by atoms with Crippen molar-refractivity contribution in [2.45, 2.75) is 13.3 Å². The number of hydrogen-bond acceptors (Lipinski definition) is 2. The van der Waals surface area contributed by atoms with E-state index in [0.29, 0.717) is 6.42 Å². The number of hydrogen-bond donors (Lipinski definition) is 1. The van der Waals surface area contributed by atoms with E-state index < -0.39 is 0 Å². The average Bonchev–Trinajstić information content (AvgIpc) is 2.45. The van der Waals surface area contributed by atoms with Crippen molar-refractivity contribution in [1.82, 2.24) is 9.78 Å². The Bertz CT molecular complexity index is 460. The van der Waals surface area contributed by atoms with Crippen molar-refractivity contribution in [2.75, 3.05) is 6.61 Å². The molecule has 14 heavy (non-hydrogen) atoms. The third kappa shape index (κ3) is 1.51. The summed E-state index contributed by atoms with van der Waals surface area (Å²) in [6.07, 6.45) is 2.68. The van der Waals surface area contributed by atoms with Gasteiger partial charge in [-0.25, -0.2) is 0 Å². The lowest BCUT2D eigenvalue weighted by molar-refractivity contribution is 0.300. The Balaban J connectivity index is 2.66. The molecule has 2 rings (SSSR count). The maximum atomic E-state index is 8.94. The zero-order valence-electron chi connectivity index (χ0n) is 8.49. The predicted molar refractivity (Wildman–Crippen MR) is 56.2 cm³/mol. The van der Waals surface area contributed by atoms with Gasteiger partial charge in [-0.05, 0) is 25.0 Å². The second-order valence-corrected chi connectivity index (χ2v) is 3.64. The summed E-state index contributed by atoms with van der Waals surface area (Å²) in [4.78, 5) is 0. The number of aliphatic hydroxyl groups excluding tert-OH is 1. The van der Waals surface area contributed by atoms with Crippen molar-refractivity contribution in [3.05, 3.63) is 29.5 Å². The van der Waals surface area contributed by atoms with Crippen LogP contribution < -0.4 is 0 Å². The SMILES string of the molecule is Cc1cc(CCO)c2nn(C)cc2c1. The van der Waals surface area contributed by atoms with Crippen LogP contribution in [0.5, 0.6) is 0 Å². The Labute approximate surface area is 83.0 Å². The summed E-state index contributed by atoms with van der Waals surface area (Å²) in [5.41, 5.74) is 3.35. The summed E-state index contributed by atoms with van der Waals surface area (Å²) in [6.45, 7) is 2.24.